The Morgan fingerprint density at radius 1 is 0.957 bits per heavy atom. The van der Waals surface area contributed by atoms with E-state index in [1.807, 2.05) is 54.6 Å². The van der Waals surface area contributed by atoms with Crippen LogP contribution in [-0.2, 0) is 4.74 Å². The van der Waals surface area contributed by atoms with Gasteiger partial charge in [-0.15, -0.1) is 0 Å². The van der Waals surface area contributed by atoms with Crippen LogP contribution < -0.4 is 20.9 Å². The fourth-order valence-corrected chi connectivity index (χ4v) is 6.54. The Morgan fingerprint density at radius 3 is 2.46 bits per heavy atom. The number of aromatic hydroxyl groups is 1. The van der Waals surface area contributed by atoms with Gasteiger partial charge in [-0.2, -0.15) is 0 Å². The van der Waals surface area contributed by atoms with E-state index in [1.165, 1.54) is 12.1 Å². The molecule has 3 aromatic carbocycles. The zero-order chi connectivity index (χ0) is 31.9. The van der Waals surface area contributed by atoms with Gasteiger partial charge in [0.15, 0.2) is 0 Å². The van der Waals surface area contributed by atoms with Crippen LogP contribution in [0.5, 0.6) is 11.5 Å². The molecule has 3 aliphatic heterocycles. The van der Waals surface area contributed by atoms with E-state index < -0.39 is 6.10 Å². The number of phenols is 1. The van der Waals surface area contributed by atoms with Gasteiger partial charge in [-0.3, -0.25) is 9.69 Å². The Balaban J connectivity index is 0.953. The molecule has 3 fully saturated rings. The van der Waals surface area contributed by atoms with Gasteiger partial charge in [0.2, 0.25) is 5.56 Å². The average molecular weight is 627 g/mol. The van der Waals surface area contributed by atoms with Gasteiger partial charge >= 0.3 is 6.09 Å². The van der Waals surface area contributed by atoms with E-state index in [4.69, 9.17) is 9.47 Å². The number of carbonyl (C=O) groups excluding carboxylic acids is 1. The average Bonchev–Trinajstić information content (AvgIpc) is 3.08. The third kappa shape index (κ3) is 7.70. The van der Waals surface area contributed by atoms with E-state index >= 15 is 0 Å². The maximum Gasteiger partial charge on any atom is 0.408 e. The van der Waals surface area contributed by atoms with Gasteiger partial charge < -0.3 is 35.3 Å². The number of hydrogen-bond donors (Lipinski definition) is 5. The van der Waals surface area contributed by atoms with Crippen LogP contribution >= 0.6 is 0 Å². The number of benzene rings is 3. The maximum absolute atomic E-state index is 13.0. The normalized spacial score (nSPS) is 20.2. The predicted molar refractivity (Wildman–Crippen MR) is 176 cm³/mol. The summed E-state index contributed by atoms with van der Waals surface area (Å²) < 4.78 is 11.9. The Morgan fingerprint density at radius 2 is 1.72 bits per heavy atom. The van der Waals surface area contributed by atoms with Crippen molar-refractivity contribution in [1.29, 1.82) is 0 Å². The van der Waals surface area contributed by atoms with Crippen LogP contribution in [0.4, 0.5) is 4.79 Å². The van der Waals surface area contributed by atoms with Gasteiger partial charge in [-0.1, -0.05) is 48.5 Å². The van der Waals surface area contributed by atoms with Gasteiger partial charge in [0.1, 0.15) is 17.6 Å². The Labute approximate surface area is 268 Å². The van der Waals surface area contributed by atoms with Crippen molar-refractivity contribution in [2.24, 2.45) is 5.92 Å². The first-order valence-electron chi connectivity index (χ1n) is 16.2. The molecule has 0 aliphatic carbocycles. The second-order valence-corrected chi connectivity index (χ2v) is 12.2. The molecular weight excluding hydrogens is 584 g/mol. The lowest BCUT2D eigenvalue weighted by atomic mass is 9.86. The number of hydrogen-bond acceptors (Lipinski definition) is 8. The lowest BCUT2D eigenvalue weighted by Gasteiger charge is -2.43. The lowest BCUT2D eigenvalue weighted by Crippen LogP contribution is -2.52. The van der Waals surface area contributed by atoms with E-state index in [9.17, 15) is 19.8 Å². The number of amides is 1. The van der Waals surface area contributed by atoms with E-state index in [0.29, 0.717) is 42.1 Å². The number of aromatic nitrogens is 1. The van der Waals surface area contributed by atoms with E-state index in [-0.39, 0.29) is 29.5 Å². The van der Waals surface area contributed by atoms with Crippen LogP contribution in [0.2, 0.25) is 0 Å². The van der Waals surface area contributed by atoms with E-state index in [1.54, 1.807) is 12.1 Å². The first kappa shape index (κ1) is 31.6. The van der Waals surface area contributed by atoms with Gasteiger partial charge in [-0.05, 0) is 92.2 Å². The number of aromatic amines is 1. The molecule has 4 heterocycles. The van der Waals surface area contributed by atoms with Crippen molar-refractivity contribution < 1.29 is 24.5 Å². The van der Waals surface area contributed by atoms with Crippen molar-refractivity contribution in [3.63, 3.8) is 0 Å². The number of carbonyl (C=O) groups is 1. The highest BCUT2D eigenvalue weighted by molar-refractivity contribution is 5.87. The summed E-state index contributed by atoms with van der Waals surface area (Å²) in [5.74, 6) is 1.18. The van der Waals surface area contributed by atoms with Gasteiger partial charge in [0, 0.05) is 24.5 Å². The van der Waals surface area contributed by atoms with Gasteiger partial charge in [0.25, 0.3) is 0 Å². The summed E-state index contributed by atoms with van der Waals surface area (Å²) in [5.41, 5.74) is 2.58. The van der Waals surface area contributed by atoms with Crippen LogP contribution in [-0.4, -0.2) is 71.6 Å². The molecule has 7 rings (SSSR count). The lowest BCUT2D eigenvalue weighted by molar-refractivity contribution is -0.0336. The number of phenolic OH excluding ortho intramolecular Hbond substituents is 1. The number of alkyl carbamates (subject to hydrolysis) is 1. The molecule has 10 nitrogen and oxygen atoms in total. The van der Waals surface area contributed by atoms with Crippen molar-refractivity contribution in [3.8, 4) is 11.5 Å². The molecule has 3 aliphatic rings. The molecule has 5 N–H and O–H groups in total. The highest BCUT2D eigenvalue weighted by atomic mass is 16.6. The molecule has 4 aromatic rings. The largest absolute Gasteiger partial charge is 0.506 e. The number of piperidine rings is 3. The minimum Gasteiger partial charge on any atom is -0.506 e. The fraction of sp³-hybridized carbons (Fsp3) is 0.389. The standard InChI is InChI=1S/C36H42N4O6/c41-30-14-12-28(29-13-15-33(43)38-35(29)30)31(42)22-37-18-4-5-21-45-27-10-8-26(9-11-27)34(25-6-2-1-3-7-25)39-36(44)46-32-23-40-19-16-24(32)17-20-40/h1-3,6-15,24,31-32,34,37,41-42H,4-5,16-23H2,(H,38,43)(H,39,44)/t31-,32-,34?/m0/s1. The van der Waals surface area contributed by atoms with E-state index in [0.717, 1.165) is 62.2 Å². The molecule has 1 unspecified atom stereocenters. The van der Waals surface area contributed by atoms with Crippen LogP contribution in [0.1, 0.15) is 54.5 Å². The van der Waals surface area contributed by atoms with Crippen molar-refractivity contribution in [2.75, 3.05) is 39.3 Å². The molecule has 46 heavy (non-hydrogen) atoms. The van der Waals surface area contributed by atoms with Crippen molar-refractivity contribution in [1.82, 2.24) is 20.5 Å². The van der Waals surface area contributed by atoms with Gasteiger partial charge in [0.05, 0.1) is 24.3 Å². The molecule has 1 aromatic heterocycles. The maximum atomic E-state index is 13.0. The van der Waals surface area contributed by atoms with Crippen molar-refractivity contribution in [3.05, 3.63) is 106 Å². The number of aliphatic hydroxyl groups excluding tert-OH is 1. The Hall–Kier alpha value is -4.38. The number of H-pyrrole nitrogens is 1. The highest BCUT2D eigenvalue weighted by Gasteiger charge is 2.36. The third-order valence-electron chi connectivity index (χ3n) is 9.08. The Bertz CT molecular complexity index is 1650. The quantitative estimate of drug-likeness (QED) is 0.136. The summed E-state index contributed by atoms with van der Waals surface area (Å²) in [6.07, 6.45) is 2.63. The third-order valence-corrected chi connectivity index (χ3v) is 9.08. The molecule has 0 spiro atoms. The zero-order valence-corrected chi connectivity index (χ0v) is 25.9. The summed E-state index contributed by atoms with van der Waals surface area (Å²) in [6, 6.07) is 23.5. The molecule has 3 atom stereocenters. The summed E-state index contributed by atoms with van der Waals surface area (Å²) in [6.45, 7) is 4.60. The SMILES string of the molecule is O=C(NC(c1ccccc1)c1ccc(OCCCCNC[C@H](O)c2ccc(O)c3[nH]c(=O)ccc23)cc1)O[C@H]1CN2CCC1CC2. The number of unbranched alkanes of at least 4 members (excludes halogenated alkanes) is 1. The second-order valence-electron chi connectivity index (χ2n) is 12.2. The topological polar surface area (TPSA) is 136 Å². The molecule has 10 heteroatoms. The molecule has 1 amide bonds. The molecule has 0 saturated carbocycles. The van der Waals surface area contributed by atoms with Crippen molar-refractivity contribution >= 4 is 17.0 Å². The summed E-state index contributed by atoms with van der Waals surface area (Å²) in [4.78, 5) is 29.7. The summed E-state index contributed by atoms with van der Waals surface area (Å²) in [5, 5.41) is 27.8. The van der Waals surface area contributed by atoms with Crippen molar-refractivity contribution in [2.45, 2.75) is 43.9 Å². The number of pyridine rings is 1. The first-order chi connectivity index (χ1) is 22.4. The summed E-state index contributed by atoms with van der Waals surface area (Å²) in [7, 11) is 0. The Kier molecular flexibility index (Phi) is 10.2. The van der Waals surface area contributed by atoms with Crippen LogP contribution in [0, 0.1) is 5.92 Å². The molecule has 3 saturated heterocycles. The van der Waals surface area contributed by atoms with E-state index in [2.05, 4.69) is 20.5 Å². The summed E-state index contributed by atoms with van der Waals surface area (Å²) >= 11 is 0. The number of nitrogens with zero attached hydrogens (tertiary/aromatic N) is 1. The zero-order valence-electron chi connectivity index (χ0n) is 25.9. The molecule has 0 radical (unpaired) electrons. The van der Waals surface area contributed by atoms with Gasteiger partial charge in [-0.25, -0.2) is 4.79 Å². The minimum absolute atomic E-state index is 0.0292. The highest BCUT2D eigenvalue weighted by Crippen LogP contribution is 2.31. The fourth-order valence-electron chi connectivity index (χ4n) is 6.54. The van der Waals surface area contributed by atoms with Crippen LogP contribution in [0.15, 0.2) is 83.7 Å². The second kappa shape index (κ2) is 14.8. The van der Waals surface area contributed by atoms with Crippen LogP contribution in [0.25, 0.3) is 10.9 Å². The smallest absolute Gasteiger partial charge is 0.408 e. The molecular formula is C36H42N4O6. The first-order valence-corrected chi connectivity index (χ1v) is 16.2. The molecule has 2 bridgehead atoms. The predicted octanol–water partition coefficient (Wildman–Crippen LogP) is 4.63. The number of ether oxygens (including phenoxy) is 2. The van der Waals surface area contributed by atoms with Crippen LogP contribution in [0.3, 0.4) is 0 Å². The number of rotatable bonds is 13. The number of aliphatic hydroxyl groups is 1. The number of fused-ring (bicyclic) bond motifs is 4. The minimum atomic E-state index is -0.791. The molecule has 242 valence electrons. The monoisotopic (exact) mass is 626 g/mol. The number of nitrogens with one attached hydrogen (secondary N) is 3.